The molecule has 3 rings (SSSR count). The molecule has 1 aromatic carbocycles. The first-order valence-corrected chi connectivity index (χ1v) is 6.11. The van der Waals surface area contributed by atoms with E-state index in [1.54, 1.807) is 0 Å². The lowest BCUT2D eigenvalue weighted by atomic mass is 10.0. The summed E-state index contributed by atoms with van der Waals surface area (Å²) in [6, 6.07) is 0.116. The number of benzene rings is 1. The van der Waals surface area contributed by atoms with Crippen molar-refractivity contribution in [3.05, 3.63) is 29.3 Å². The predicted molar refractivity (Wildman–Crippen MR) is 59.2 cm³/mol. The summed E-state index contributed by atoms with van der Waals surface area (Å²) < 4.78 is 52.7. The highest BCUT2D eigenvalue weighted by Crippen LogP contribution is 2.54. The maximum atomic E-state index is 13.4. The first-order chi connectivity index (χ1) is 8.97. The summed E-state index contributed by atoms with van der Waals surface area (Å²) in [7, 11) is 0. The van der Waals surface area contributed by atoms with Gasteiger partial charge >= 0.3 is 0 Å². The normalized spacial score (nSPS) is 28.1. The third kappa shape index (κ3) is 2.09. The van der Waals surface area contributed by atoms with Gasteiger partial charge in [-0.3, -0.25) is 4.79 Å². The molecule has 2 nitrogen and oxygen atoms in total. The number of anilines is 1. The van der Waals surface area contributed by atoms with Crippen LogP contribution in [0, 0.1) is 41.0 Å². The van der Waals surface area contributed by atoms with E-state index >= 15 is 0 Å². The average molecular weight is 273 g/mol. The van der Waals surface area contributed by atoms with E-state index in [2.05, 4.69) is 0 Å². The summed E-state index contributed by atoms with van der Waals surface area (Å²) in [6.07, 6.45) is 2.45. The van der Waals surface area contributed by atoms with Crippen LogP contribution in [-0.2, 0) is 4.79 Å². The fourth-order valence-electron chi connectivity index (χ4n) is 2.84. The quantitative estimate of drug-likeness (QED) is 0.650. The van der Waals surface area contributed by atoms with Gasteiger partial charge in [-0.05, 0) is 31.1 Å². The summed E-state index contributed by atoms with van der Waals surface area (Å²) in [4.78, 5) is 11.8. The van der Waals surface area contributed by atoms with Gasteiger partial charge in [0.1, 0.15) is 5.69 Å². The fourth-order valence-corrected chi connectivity index (χ4v) is 2.84. The van der Waals surface area contributed by atoms with Gasteiger partial charge in [0, 0.05) is 12.0 Å². The zero-order chi connectivity index (χ0) is 13.7. The minimum atomic E-state index is -1.57. The zero-order valence-electron chi connectivity index (χ0n) is 9.85. The minimum Gasteiger partial charge on any atom is -0.321 e. The Morgan fingerprint density at radius 3 is 2.05 bits per heavy atom. The molecule has 0 aliphatic heterocycles. The molecule has 0 saturated heterocycles. The molecule has 2 aliphatic rings. The lowest BCUT2D eigenvalue weighted by molar-refractivity contribution is -0.120. The number of hydrogen-bond acceptors (Lipinski definition) is 1. The first-order valence-electron chi connectivity index (χ1n) is 6.11. The Morgan fingerprint density at radius 1 is 1.00 bits per heavy atom. The lowest BCUT2D eigenvalue weighted by Gasteiger charge is -2.13. The monoisotopic (exact) mass is 273 g/mol. The number of rotatable bonds is 2. The van der Waals surface area contributed by atoms with Crippen molar-refractivity contribution < 1.29 is 22.4 Å². The van der Waals surface area contributed by atoms with Crippen molar-refractivity contribution >= 4 is 11.6 Å². The van der Waals surface area contributed by atoms with Crippen molar-refractivity contribution in [2.24, 2.45) is 17.8 Å². The lowest BCUT2D eigenvalue weighted by Crippen LogP contribution is -2.23. The number of carbonyl (C=O) groups is 1. The first kappa shape index (κ1) is 12.4. The minimum absolute atomic E-state index is 0.116. The highest BCUT2D eigenvalue weighted by molar-refractivity contribution is 5.93. The highest BCUT2D eigenvalue weighted by Gasteiger charge is 2.48. The van der Waals surface area contributed by atoms with Gasteiger partial charge in [0.15, 0.2) is 23.3 Å². The van der Waals surface area contributed by atoms with Crippen molar-refractivity contribution in [1.29, 1.82) is 0 Å². The maximum Gasteiger partial charge on any atom is 0.227 e. The maximum absolute atomic E-state index is 13.4. The Hall–Kier alpha value is -1.59. The Kier molecular flexibility index (Phi) is 2.76. The molecular weight excluding hydrogens is 262 g/mol. The number of nitrogens with one attached hydrogen (secondary N) is 1. The number of carbonyl (C=O) groups excluding carboxylic acids is 1. The second kappa shape index (κ2) is 4.21. The van der Waals surface area contributed by atoms with Crippen LogP contribution in [0.25, 0.3) is 0 Å². The molecule has 2 aliphatic carbocycles. The van der Waals surface area contributed by atoms with E-state index in [0.29, 0.717) is 24.7 Å². The molecule has 0 aromatic heterocycles. The molecule has 2 fully saturated rings. The van der Waals surface area contributed by atoms with Gasteiger partial charge in [0.05, 0.1) is 0 Å². The molecule has 6 heteroatoms. The summed E-state index contributed by atoms with van der Waals surface area (Å²) >= 11 is 0. The summed E-state index contributed by atoms with van der Waals surface area (Å²) in [5.41, 5.74) is -1.04. The number of hydrogen-bond donors (Lipinski definition) is 1. The van der Waals surface area contributed by atoms with Crippen LogP contribution in [0.3, 0.4) is 0 Å². The van der Waals surface area contributed by atoms with Crippen molar-refractivity contribution in [3.63, 3.8) is 0 Å². The van der Waals surface area contributed by atoms with Crippen LogP contribution in [0.2, 0.25) is 0 Å². The molecule has 2 saturated carbocycles. The van der Waals surface area contributed by atoms with Crippen LogP contribution >= 0.6 is 0 Å². The smallest absolute Gasteiger partial charge is 0.227 e. The van der Waals surface area contributed by atoms with Crippen LogP contribution in [-0.4, -0.2) is 5.91 Å². The number of fused-ring (bicyclic) bond motifs is 1. The number of amides is 1. The third-order valence-electron chi connectivity index (χ3n) is 3.97. The van der Waals surface area contributed by atoms with Gasteiger partial charge in [-0.1, -0.05) is 0 Å². The van der Waals surface area contributed by atoms with E-state index in [9.17, 15) is 22.4 Å². The summed E-state index contributed by atoms with van der Waals surface area (Å²) in [6.45, 7) is 0. The standard InChI is InChI=1S/C13H11F4NO/c14-8-4-9(15)11(17)12(10(8)16)18-13(19)7-2-5-1-6(5)3-7/h4-7H,1-3H2,(H,18,19). The van der Waals surface area contributed by atoms with Gasteiger partial charge in [0.2, 0.25) is 5.91 Å². The fraction of sp³-hybridized carbons (Fsp3) is 0.462. The SMILES string of the molecule is O=C(Nc1c(F)c(F)cc(F)c1F)C1CC2CC2C1. The zero-order valence-corrected chi connectivity index (χ0v) is 9.85. The van der Waals surface area contributed by atoms with Crippen molar-refractivity contribution in [2.45, 2.75) is 19.3 Å². The van der Waals surface area contributed by atoms with Gasteiger partial charge < -0.3 is 5.32 Å². The molecule has 0 radical (unpaired) electrons. The summed E-state index contributed by atoms with van der Waals surface area (Å²) in [5.74, 6) is -6.05. The van der Waals surface area contributed by atoms with Gasteiger partial charge in [0.25, 0.3) is 0 Å². The molecule has 1 aromatic rings. The topological polar surface area (TPSA) is 29.1 Å². The molecule has 0 spiro atoms. The molecule has 2 unspecified atom stereocenters. The molecule has 2 atom stereocenters. The second-order valence-electron chi connectivity index (χ2n) is 5.26. The third-order valence-corrected chi connectivity index (χ3v) is 3.97. The Balaban J connectivity index is 1.81. The van der Waals surface area contributed by atoms with E-state index < -0.39 is 34.9 Å². The van der Waals surface area contributed by atoms with E-state index in [-0.39, 0.29) is 12.0 Å². The molecular formula is C13H11F4NO. The van der Waals surface area contributed by atoms with Gasteiger partial charge in [-0.15, -0.1) is 0 Å². The van der Waals surface area contributed by atoms with Crippen molar-refractivity contribution in [2.75, 3.05) is 5.32 Å². The van der Waals surface area contributed by atoms with E-state index in [4.69, 9.17) is 0 Å². The molecule has 1 amide bonds. The Labute approximate surface area is 106 Å². The molecule has 0 heterocycles. The molecule has 102 valence electrons. The second-order valence-corrected chi connectivity index (χ2v) is 5.26. The van der Waals surface area contributed by atoms with Crippen LogP contribution in [0.15, 0.2) is 6.07 Å². The van der Waals surface area contributed by atoms with Gasteiger partial charge in [-0.25, -0.2) is 17.6 Å². The van der Waals surface area contributed by atoms with Gasteiger partial charge in [-0.2, -0.15) is 0 Å². The summed E-state index contributed by atoms with van der Waals surface area (Å²) in [5, 5.41) is 1.97. The molecule has 19 heavy (non-hydrogen) atoms. The van der Waals surface area contributed by atoms with Crippen LogP contribution in [0.4, 0.5) is 23.2 Å². The van der Waals surface area contributed by atoms with Crippen LogP contribution < -0.4 is 5.32 Å². The largest absolute Gasteiger partial charge is 0.321 e. The van der Waals surface area contributed by atoms with E-state index in [1.165, 1.54) is 0 Å². The Morgan fingerprint density at radius 2 is 1.53 bits per heavy atom. The van der Waals surface area contributed by atoms with Crippen molar-refractivity contribution in [1.82, 2.24) is 0 Å². The van der Waals surface area contributed by atoms with Crippen molar-refractivity contribution in [3.8, 4) is 0 Å². The highest BCUT2D eigenvalue weighted by atomic mass is 19.2. The van der Waals surface area contributed by atoms with E-state index in [0.717, 1.165) is 6.42 Å². The van der Waals surface area contributed by atoms with E-state index in [1.807, 2.05) is 5.32 Å². The van der Waals surface area contributed by atoms with Crippen LogP contribution in [0.5, 0.6) is 0 Å². The number of halogens is 4. The van der Waals surface area contributed by atoms with Crippen LogP contribution in [0.1, 0.15) is 19.3 Å². The molecule has 0 bridgehead atoms. The molecule has 1 N–H and O–H groups in total. The Bertz CT molecular complexity index is 524. The predicted octanol–water partition coefficient (Wildman–Crippen LogP) is 3.23. The average Bonchev–Trinajstić information content (AvgIpc) is 2.98.